The maximum absolute atomic E-state index is 13.8. The van der Waals surface area contributed by atoms with Crippen molar-refractivity contribution in [2.75, 3.05) is 13.7 Å². The zero-order chi connectivity index (χ0) is 13.5. The molecular formula is C16H21FO2. The van der Waals surface area contributed by atoms with Crippen molar-refractivity contribution in [3.8, 4) is 5.75 Å². The molecule has 1 N–H and O–H groups in total. The molecule has 1 aromatic rings. The van der Waals surface area contributed by atoms with Gasteiger partial charge in [-0.25, -0.2) is 4.39 Å². The molecule has 0 saturated heterocycles. The van der Waals surface area contributed by atoms with Crippen LogP contribution in [0.2, 0.25) is 0 Å². The molecule has 0 aliphatic heterocycles. The number of ether oxygens (including phenoxy) is 1. The summed E-state index contributed by atoms with van der Waals surface area (Å²) in [5.74, 6) is 1.37. The number of aliphatic hydroxyl groups excluding tert-OH is 1. The number of hydrogen-bond acceptors (Lipinski definition) is 2. The van der Waals surface area contributed by atoms with Crippen molar-refractivity contribution in [2.24, 2.45) is 17.3 Å². The fraction of sp³-hybridized carbons (Fsp3) is 0.625. The summed E-state index contributed by atoms with van der Waals surface area (Å²) in [6.07, 6.45) is 5.67. The first-order valence-corrected chi connectivity index (χ1v) is 7.10. The highest BCUT2D eigenvalue weighted by molar-refractivity contribution is 5.30. The predicted molar refractivity (Wildman–Crippen MR) is 71.6 cm³/mol. The summed E-state index contributed by atoms with van der Waals surface area (Å²) in [7, 11) is 1.48. The predicted octanol–water partition coefficient (Wildman–Crippen LogP) is 3.18. The van der Waals surface area contributed by atoms with Crippen LogP contribution in [0.3, 0.4) is 0 Å². The first-order valence-electron chi connectivity index (χ1n) is 7.10. The van der Waals surface area contributed by atoms with Crippen LogP contribution in [-0.4, -0.2) is 18.8 Å². The number of halogens is 1. The lowest BCUT2D eigenvalue weighted by Gasteiger charge is -2.36. The van der Waals surface area contributed by atoms with Gasteiger partial charge < -0.3 is 9.84 Å². The van der Waals surface area contributed by atoms with Gasteiger partial charge in [-0.05, 0) is 55.2 Å². The summed E-state index contributed by atoms with van der Waals surface area (Å²) >= 11 is 0. The number of fused-ring (bicyclic) bond motifs is 2. The molecule has 2 fully saturated rings. The van der Waals surface area contributed by atoms with E-state index in [9.17, 15) is 9.50 Å². The van der Waals surface area contributed by atoms with Crippen molar-refractivity contribution in [1.82, 2.24) is 0 Å². The zero-order valence-corrected chi connectivity index (χ0v) is 11.4. The van der Waals surface area contributed by atoms with Gasteiger partial charge in [0.05, 0.1) is 7.11 Å². The highest BCUT2D eigenvalue weighted by Crippen LogP contribution is 2.57. The van der Waals surface area contributed by atoms with Gasteiger partial charge in [-0.15, -0.1) is 0 Å². The minimum Gasteiger partial charge on any atom is -0.494 e. The van der Waals surface area contributed by atoms with Crippen molar-refractivity contribution >= 4 is 0 Å². The Morgan fingerprint density at radius 1 is 1.42 bits per heavy atom. The van der Waals surface area contributed by atoms with Crippen LogP contribution in [0.25, 0.3) is 0 Å². The molecule has 0 heterocycles. The van der Waals surface area contributed by atoms with E-state index >= 15 is 0 Å². The average molecular weight is 264 g/mol. The van der Waals surface area contributed by atoms with Gasteiger partial charge in [0, 0.05) is 12.0 Å². The maximum atomic E-state index is 13.8. The van der Waals surface area contributed by atoms with Gasteiger partial charge in [0.25, 0.3) is 0 Å². The number of benzene rings is 1. The van der Waals surface area contributed by atoms with E-state index in [-0.39, 0.29) is 23.6 Å². The maximum Gasteiger partial charge on any atom is 0.165 e. The Morgan fingerprint density at radius 3 is 2.79 bits per heavy atom. The average Bonchev–Trinajstić information content (AvgIpc) is 3.00. The molecule has 2 bridgehead atoms. The quantitative estimate of drug-likeness (QED) is 0.905. The van der Waals surface area contributed by atoms with E-state index in [1.54, 1.807) is 12.1 Å². The SMILES string of the molecule is COc1ccc(CC2(CO)CC3CCC2C3)cc1F. The second-order valence-corrected chi connectivity index (χ2v) is 6.25. The van der Waals surface area contributed by atoms with Crippen molar-refractivity contribution in [3.63, 3.8) is 0 Å². The summed E-state index contributed by atoms with van der Waals surface area (Å²) in [6, 6.07) is 5.16. The van der Waals surface area contributed by atoms with Crippen LogP contribution in [0.4, 0.5) is 4.39 Å². The van der Waals surface area contributed by atoms with Crippen molar-refractivity contribution < 1.29 is 14.2 Å². The molecule has 0 amide bonds. The molecule has 3 unspecified atom stereocenters. The highest BCUT2D eigenvalue weighted by atomic mass is 19.1. The molecule has 1 aromatic carbocycles. The first kappa shape index (κ1) is 12.9. The monoisotopic (exact) mass is 264 g/mol. The molecule has 2 aliphatic carbocycles. The van der Waals surface area contributed by atoms with Gasteiger partial charge in [0.2, 0.25) is 0 Å². The van der Waals surface area contributed by atoms with Crippen LogP contribution in [0.5, 0.6) is 5.75 Å². The summed E-state index contributed by atoms with van der Waals surface area (Å²) in [5.41, 5.74) is 0.962. The summed E-state index contributed by atoms with van der Waals surface area (Å²) in [6.45, 7) is 0.224. The minimum atomic E-state index is -0.309. The van der Waals surface area contributed by atoms with E-state index in [0.717, 1.165) is 24.3 Å². The molecule has 3 rings (SSSR count). The normalized spacial score (nSPS) is 32.8. The van der Waals surface area contributed by atoms with Crippen molar-refractivity contribution in [2.45, 2.75) is 32.1 Å². The van der Waals surface area contributed by atoms with E-state index in [1.165, 1.54) is 26.4 Å². The Hall–Kier alpha value is -1.09. The molecule has 2 nitrogen and oxygen atoms in total. The molecule has 3 heteroatoms. The fourth-order valence-corrected chi connectivity index (χ4v) is 4.25. The lowest BCUT2D eigenvalue weighted by molar-refractivity contribution is 0.0651. The molecule has 0 radical (unpaired) electrons. The smallest absolute Gasteiger partial charge is 0.165 e. The van der Waals surface area contributed by atoms with Gasteiger partial charge in [-0.3, -0.25) is 0 Å². The van der Waals surface area contributed by atoms with Gasteiger partial charge in [-0.2, -0.15) is 0 Å². The molecular weight excluding hydrogens is 243 g/mol. The highest BCUT2D eigenvalue weighted by Gasteiger charge is 2.50. The van der Waals surface area contributed by atoms with Crippen LogP contribution >= 0.6 is 0 Å². The third-order valence-electron chi connectivity index (χ3n) is 5.19. The largest absolute Gasteiger partial charge is 0.494 e. The Kier molecular flexibility index (Phi) is 3.25. The lowest BCUT2D eigenvalue weighted by Crippen LogP contribution is -2.34. The molecule has 19 heavy (non-hydrogen) atoms. The molecule has 2 saturated carbocycles. The van der Waals surface area contributed by atoms with E-state index in [4.69, 9.17) is 4.74 Å². The molecule has 0 aromatic heterocycles. The molecule has 2 aliphatic rings. The minimum absolute atomic E-state index is 0.00998. The Balaban J connectivity index is 1.82. The fourth-order valence-electron chi connectivity index (χ4n) is 4.25. The van der Waals surface area contributed by atoms with E-state index < -0.39 is 0 Å². The second kappa shape index (κ2) is 4.78. The van der Waals surface area contributed by atoms with Crippen LogP contribution in [-0.2, 0) is 6.42 Å². The second-order valence-electron chi connectivity index (χ2n) is 6.25. The third-order valence-corrected chi connectivity index (χ3v) is 5.19. The Morgan fingerprint density at radius 2 is 2.26 bits per heavy atom. The molecule has 0 spiro atoms. The summed E-state index contributed by atoms with van der Waals surface area (Å²) < 4.78 is 18.7. The lowest BCUT2D eigenvalue weighted by atomic mass is 9.70. The van der Waals surface area contributed by atoms with Crippen LogP contribution in [0, 0.1) is 23.1 Å². The number of rotatable bonds is 4. The van der Waals surface area contributed by atoms with Crippen LogP contribution < -0.4 is 4.74 Å². The molecule has 3 atom stereocenters. The van der Waals surface area contributed by atoms with Crippen molar-refractivity contribution in [3.05, 3.63) is 29.6 Å². The Bertz CT molecular complexity index is 474. The Labute approximate surface area is 113 Å². The van der Waals surface area contributed by atoms with Crippen LogP contribution in [0.15, 0.2) is 18.2 Å². The van der Waals surface area contributed by atoms with Gasteiger partial charge >= 0.3 is 0 Å². The molecule has 104 valence electrons. The number of methoxy groups -OCH3 is 1. The summed E-state index contributed by atoms with van der Waals surface area (Å²) in [5, 5.41) is 9.85. The van der Waals surface area contributed by atoms with Crippen molar-refractivity contribution in [1.29, 1.82) is 0 Å². The van der Waals surface area contributed by atoms with Gasteiger partial charge in [0.1, 0.15) is 0 Å². The topological polar surface area (TPSA) is 29.5 Å². The first-order chi connectivity index (χ1) is 9.16. The van der Waals surface area contributed by atoms with E-state index in [1.807, 2.05) is 6.07 Å². The third kappa shape index (κ3) is 2.14. The van der Waals surface area contributed by atoms with Gasteiger partial charge in [-0.1, -0.05) is 12.5 Å². The van der Waals surface area contributed by atoms with E-state index in [0.29, 0.717) is 5.92 Å². The summed E-state index contributed by atoms with van der Waals surface area (Å²) in [4.78, 5) is 0. The zero-order valence-electron chi connectivity index (χ0n) is 11.4. The van der Waals surface area contributed by atoms with E-state index in [2.05, 4.69) is 0 Å². The standard InChI is InChI=1S/C16H21FO2/c1-19-15-5-3-12(7-14(15)17)9-16(10-18)8-11-2-4-13(16)6-11/h3,5,7,11,13,18H,2,4,6,8-10H2,1H3. The van der Waals surface area contributed by atoms with Crippen LogP contribution in [0.1, 0.15) is 31.2 Å². The van der Waals surface area contributed by atoms with Gasteiger partial charge in [0.15, 0.2) is 11.6 Å². The number of hydrogen-bond donors (Lipinski definition) is 1. The number of aliphatic hydroxyl groups is 1.